The minimum absolute atomic E-state index is 0.0277. The van der Waals surface area contributed by atoms with Crippen molar-refractivity contribution in [3.63, 3.8) is 0 Å². The number of nitrogens with zero attached hydrogens (tertiary/aromatic N) is 2. The van der Waals surface area contributed by atoms with E-state index in [9.17, 15) is 14.4 Å². The molecular formula is C24H35N3O3. The fraction of sp³-hybridized carbons (Fsp3) is 0.625. The average Bonchev–Trinajstić information content (AvgIpc) is 3.26. The summed E-state index contributed by atoms with van der Waals surface area (Å²) in [5.41, 5.74) is 1.67. The predicted molar refractivity (Wildman–Crippen MR) is 117 cm³/mol. The van der Waals surface area contributed by atoms with E-state index < -0.39 is 6.04 Å². The molecule has 2 aliphatic heterocycles. The molecule has 1 atom stereocenters. The molecule has 3 amide bonds. The van der Waals surface area contributed by atoms with Crippen molar-refractivity contribution in [2.45, 2.75) is 58.9 Å². The van der Waals surface area contributed by atoms with Crippen LogP contribution < -0.4 is 5.32 Å². The molecule has 1 aromatic rings. The number of benzene rings is 1. The Balaban J connectivity index is 1.68. The molecule has 2 fully saturated rings. The highest BCUT2D eigenvalue weighted by atomic mass is 16.2. The number of amides is 3. The van der Waals surface area contributed by atoms with Crippen molar-refractivity contribution in [2.24, 2.45) is 11.8 Å². The molecule has 0 bridgehead atoms. The first-order chi connectivity index (χ1) is 14.3. The van der Waals surface area contributed by atoms with Crippen LogP contribution in [0.3, 0.4) is 0 Å². The highest BCUT2D eigenvalue weighted by Crippen LogP contribution is 2.25. The molecule has 0 aromatic heterocycles. The first-order valence-corrected chi connectivity index (χ1v) is 11.3. The summed E-state index contributed by atoms with van der Waals surface area (Å²) < 4.78 is 0. The molecule has 6 heteroatoms. The number of hydrogen-bond donors (Lipinski definition) is 1. The van der Waals surface area contributed by atoms with E-state index in [1.165, 1.54) is 0 Å². The van der Waals surface area contributed by atoms with Gasteiger partial charge in [-0.25, -0.2) is 0 Å². The third kappa shape index (κ3) is 5.61. The zero-order chi connectivity index (χ0) is 21.7. The van der Waals surface area contributed by atoms with Crippen LogP contribution in [0.15, 0.2) is 24.3 Å². The second-order valence-electron chi connectivity index (χ2n) is 9.17. The number of carbonyl (C=O) groups excluding carboxylic acids is 3. The first-order valence-electron chi connectivity index (χ1n) is 11.3. The number of nitrogens with one attached hydrogen (secondary N) is 1. The van der Waals surface area contributed by atoms with E-state index >= 15 is 0 Å². The van der Waals surface area contributed by atoms with Gasteiger partial charge in [0.25, 0.3) is 5.91 Å². The molecule has 2 aliphatic rings. The lowest BCUT2D eigenvalue weighted by Gasteiger charge is -2.37. The van der Waals surface area contributed by atoms with E-state index in [1.54, 1.807) is 12.1 Å². The first kappa shape index (κ1) is 22.3. The van der Waals surface area contributed by atoms with Gasteiger partial charge in [-0.15, -0.1) is 0 Å². The van der Waals surface area contributed by atoms with Gasteiger partial charge < -0.3 is 15.1 Å². The Morgan fingerprint density at radius 3 is 2.13 bits per heavy atom. The zero-order valence-electron chi connectivity index (χ0n) is 18.5. The Morgan fingerprint density at radius 2 is 1.57 bits per heavy atom. The van der Waals surface area contributed by atoms with E-state index in [1.807, 2.05) is 28.9 Å². The lowest BCUT2D eigenvalue weighted by molar-refractivity contribution is -0.135. The smallest absolute Gasteiger partial charge is 0.251 e. The van der Waals surface area contributed by atoms with Crippen LogP contribution in [0.2, 0.25) is 0 Å². The molecule has 1 N–H and O–H groups in total. The highest BCUT2D eigenvalue weighted by molar-refractivity contribution is 5.97. The SMILES string of the molecule is Cc1ccc(C(=O)N[C@H](C(=O)N2CCCC2)C2CCN(C(=O)CC(C)C)CC2)cc1. The summed E-state index contributed by atoms with van der Waals surface area (Å²) in [5, 5.41) is 3.04. The van der Waals surface area contributed by atoms with Crippen molar-refractivity contribution >= 4 is 17.7 Å². The molecule has 6 nitrogen and oxygen atoms in total. The van der Waals surface area contributed by atoms with Crippen LogP contribution in [0.1, 0.15) is 61.9 Å². The lowest BCUT2D eigenvalue weighted by Crippen LogP contribution is -2.54. The Kier molecular flexibility index (Phi) is 7.51. The largest absolute Gasteiger partial charge is 0.343 e. The van der Waals surface area contributed by atoms with Gasteiger partial charge in [0.05, 0.1) is 0 Å². The molecular weight excluding hydrogens is 378 g/mol. The summed E-state index contributed by atoms with van der Waals surface area (Å²) in [6, 6.07) is 6.89. The maximum absolute atomic E-state index is 13.3. The van der Waals surface area contributed by atoms with Crippen molar-refractivity contribution in [3.05, 3.63) is 35.4 Å². The van der Waals surface area contributed by atoms with E-state index in [-0.39, 0.29) is 23.6 Å². The Labute approximate surface area is 180 Å². The van der Waals surface area contributed by atoms with Crippen LogP contribution in [-0.2, 0) is 9.59 Å². The predicted octanol–water partition coefficient (Wildman–Crippen LogP) is 3.00. The van der Waals surface area contributed by atoms with E-state index in [0.717, 1.165) is 44.3 Å². The van der Waals surface area contributed by atoms with Crippen LogP contribution in [-0.4, -0.2) is 59.7 Å². The van der Waals surface area contributed by atoms with Crippen LogP contribution in [0.25, 0.3) is 0 Å². The molecule has 2 saturated heterocycles. The van der Waals surface area contributed by atoms with Crippen LogP contribution in [0, 0.1) is 18.8 Å². The van der Waals surface area contributed by atoms with Gasteiger partial charge in [-0.05, 0) is 56.6 Å². The summed E-state index contributed by atoms with van der Waals surface area (Å²) in [7, 11) is 0. The van der Waals surface area contributed by atoms with Crippen LogP contribution >= 0.6 is 0 Å². The quantitative estimate of drug-likeness (QED) is 0.779. The van der Waals surface area contributed by atoms with Gasteiger partial charge in [0.1, 0.15) is 6.04 Å². The fourth-order valence-electron chi connectivity index (χ4n) is 4.41. The second-order valence-corrected chi connectivity index (χ2v) is 9.17. The molecule has 0 radical (unpaired) electrons. The number of carbonyl (C=O) groups is 3. The average molecular weight is 414 g/mol. The number of likely N-dealkylation sites (tertiary alicyclic amines) is 2. The molecule has 0 spiro atoms. The van der Waals surface area contributed by atoms with Gasteiger partial charge in [0, 0.05) is 38.2 Å². The van der Waals surface area contributed by atoms with Gasteiger partial charge in [-0.2, -0.15) is 0 Å². The zero-order valence-corrected chi connectivity index (χ0v) is 18.5. The lowest BCUT2D eigenvalue weighted by atomic mass is 9.88. The number of hydrogen-bond acceptors (Lipinski definition) is 3. The highest BCUT2D eigenvalue weighted by Gasteiger charge is 2.36. The molecule has 0 aliphatic carbocycles. The normalized spacial score (nSPS) is 18.5. The maximum atomic E-state index is 13.3. The van der Waals surface area contributed by atoms with Gasteiger partial charge >= 0.3 is 0 Å². The summed E-state index contributed by atoms with van der Waals surface area (Å²) in [5.74, 6) is 0.407. The van der Waals surface area contributed by atoms with E-state index in [0.29, 0.717) is 31.0 Å². The molecule has 30 heavy (non-hydrogen) atoms. The van der Waals surface area contributed by atoms with Gasteiger partial charge in [-0.3, -0.25) is 14.4 Å². The summed E-state index contributed by atoms with van der Waals surface area (Å²) in [6.45, 7) is 8.92. The molecule has 0 unspecified atom stereocenters. The Hall–Kier alpha value is -2.37. The van der Waals surface area contributed by atoms with Crippen molar-refractivity contribution in [1.82, 2.24) is 15.1 Å². The Bertz CT molecular complexity index is 745. The van der Waals surface area contributed by atoms with Crippen molar-refractivity contribution in [3.8, 4) is 0 Å². The summed E-state index contributed by atoms with van der Waals surface area (Å²) in [6.07, 6.45) is 4.08. The van der Waals surface area contributed by atoms with Crippen molar-refractivity contribution in [1.29, 1.82) is 0 Å². The molecule has 0 saturated carbocycles. The third-order valence-corrected chi connectivity index (χ3v) is 6.23. The van der Waals surface area contributed by atoms with Gasteiger partial charge in [0.15, 0.2) is 0 Å². The van der Waals surface area contributed by atoms with Gasteiger partial charge in [-0.1, -0.05) is 31.5 Å². The fourth-order valence-corrected chi connectivity index (χ4v) is 4.41. The molecule has 2 heterocycles. The van der Waals surface area contributed by atoms with Crippen molar-refractivity contribution in [2.75, 3.05) is 26.2 Å². The maximum Gasteiger partial charge on any atom is 0.251 e. The van der Waals surface area contributed by atoms with Crippen molar-refractivity contribution < 1.29 is 14.4 Å². The van der Waals surface area contributed by atoms with E-state index in [4.69, 9.17) is 0 Å². The monoisotopic (exact) mass is 413 g/mol. The van der Waals surface area contributed by atoms with E-state index in [2.05, 4.69) is 19.2 Å². The minimum Gasteiger partial charge on any atom is -0.343 e. The number of piperidine rings is 1. The second kappa shape index (κ2) is 10.1. The number of rotatable bonds is 6. The minimum atomic E-state index is -0.528. The summed E-state index contributed by atoms with van der Waals surface area (Å²) >= 11 is 0. The third-order valence-electron chi connectivity index (χ3n) is 6.23. The topological polar surface area (TPSA) is 69.7 Å². The molecule has 1 aromatic carbocycles. The number of aryl methyl sites for hydroxylation is 1. The molecule has 164 valence electrons. The Morgan fingerprint density at radius 1 is 0.967 bits per heavy atom. The van der Waals surface area contributed by atoms with Gasteiger partial charge in [0.2, 0.25) is 11.8 Å². The van der Waals surface area contributed by atoms with Crippen LogP contribution in [0.4, 0.5) is 0 Å². The standard InChI is InChI=1S/C24H35N3O3/c1-17(2)16-21(28)26-14-10-19(11-15-26)22(24(30)27-12-4-5-13-27)25-23(29)20-8-6-18(3)7-9-20/h6-9,17,19,22H,4-5,10-16H2,1-3H3,(H,25,29)/t22-/m0/s1. The molecule has 3 rings (SSSR count). The summed E-state index contributed by atoms with van der Waals surface area (Å²) in [4.78, 5) is 42.3. The van der Waals surface area contributed by atoms with Crippen LogP contribution in [0.5, 0.6) is 0 Å².